The van der Waals surface area contributed by atoms with Gasteiger partial charge in [-0.2, -0.15) is 0 Å². The predicted molar refractivity (Wildman–Crippen MR) is 132 cm³/mol. The Balaban J connectivity index is 3.05. The van der Waals surface area contributed by atoms with Crippen LogP contribution in [0.2, 0.25) is 0 Å². The fourth-order valence-electron chi connectivity index (χ4n) is 3.22. The Kier molecular flexibility index (Phi) is 10.6. The molecule has 1 heteroatoms. The average Bonchev–Trinajstić information content (AvgIpc) is 2.66. The highest BCUT2D eigenvalue weighted by Gasteiger charge is 2.20. The first-order valence-electron chi connectivity index (χ1n) is 11.1. The molecule has 0 saturated carbocycles. The van der Waals surface area contributed by atoms with Crippen LogP contribution in [0.4, 0.5) is 4.39 Å². The molecule has 0 atom stereocenters. The topological polar surface area (TPSA) is 0 Å². The van der Waals surface area contributed by atoms with Gasteiger partial charge in [-0.1, -0.05) is 81.7 Å². The maximum Gasteiger partial charge on any atom is 0.138 e. The van der Waals surface area contributed by atoms with Crippen LogP contribution in [0.15, 0.2) is 60.2 Å². The van der Waals surface area contributed by atoms with E-state index in [4.69, 9.17) is 0 Å². The maximum absolute atomic E-state index is 14.4. The first-order valence-corrected chi connectivity index (χ1v) is 11.1. The third-order valence-electron chi connectivity index (χ3n) is 4.94. The Morgan fingerprint density at radius 3 is 2.50 bits per heavy atom. The second kappa shape index (κ2) is 12.4. The summed E-state index contributed by atoms with van der Waals surface area (Å²) in [5.41, 5.74) is 5.23. The van der Waals surface area contributed by atoms with Crippen molar-refractivity contribution in [1.82, 2.24) is 0 Å². The molecule has 0 spiro atoms. The Morgan fingerprint density at radius 1 is 1.23 bits per heavy atom. The molecule has 0 aromatic heterocycles. The molecular formula is C29H39F. The van der Waals surface area contributed by atoms with E-state index in [2.05, 4.69) is 82.5 Å². The average molecular weight is 407 g/mol. The maximum atomic E-state index is 14.4. The summed E-state index contributed by atoms with van der Waals surface area (Å²) in [7, 11) is 0. The minimum atomic E-state index is -1.45. The summed E-state index contributed by atoms with van der Waals surface area (Å²) >= 11 is 0. The molecule has 1 rings (SSSR count). The summed E-state index contributed by atoms with van der Waals surface area (Å²) in [5, 5.41) is 0. The van der Waals surface area contributed by atoms with Crippen molar-refractivity contribution in [3.05, 3.63) is 76.9 Å². The highest BCUT2D eigenvalue weighted by molar-refractivity contribution is 5.68. The zero-order valence-electron chi connectivity index (χ0n) is 20.0. The van der Waals surface area contributed by atoms with Crippen LogP contribution in [-0.4, -0.2) is 5.67 Å². The lowest BCUT2D eigenvalue weighted by atomic mass is 9.92. The van der Waals surface area contributed by atoms with E-state index in [0.717, 1.165) is 31.3 Å². The molecule has 0 radical (unpaired) electrons. The highest BCUT2D eigenvalue weighted by Crippen LogP contribution is 2.25. The number of hydrogen-bond donors (Lipinski definition) is 0. The van der Waals surface area contributed by atoms with E-state index in [9.17, 15) is 4.39 Å². The van der Waals surface area contributed by atoms with E-state index in [1.165, 1.54) is 36.1 Å². The quantitative estimate of drug-likeness (QED) is 0.270. The molecule has 0 saturated heterocycles. The Labute approximate surface area is 184 Å². The second-order valence-corrected chi connectivity index (χ2v) is 8.78. The number of rotatable bonds is 10. The van der Waals surface area contributed by atoms with Crippen molar-refractivity contribution in [2.75, 3.05) is 0 Å². The SMILES string of the molecule is C=C(/C=C(\C#CC)C(C)(C)F)CCc1ccc(CCC)c(/C(C)=C/C=C\C(C)C)c1. The van der Waals surface area contributed by atoms with Gasteiger partial charge in [0, 0.05) is 5.57 Å². The Morgan fingerprint density at radius 2 is 1.93 bits per heavy atom. The lowest BCUT2D eigenvalue weighted by molar-refractivity contribution is 0.275. The molecule has 0 bridgehead atoms. The normalized spacial score (nSPS) is 13.0. The minimum Gasteiger partial charge on any atom is -0.239 e. The zero-order chi connectivity index (χ0) is 22.7. The smallest absolute Gasteiger partial charge is 0.138 e. The molecule has 162 valence electrons. The first kappa shape index (κ1) is 25.7. The molecule has 1 aromatic carbocycles. The molecule has 0 unspecified atom stereocenters. The Hall–Kier alpha value is -2.33. The van der Waals surface area contributed by atoms with Crippen LogP contribution in [0.1, 0.15) is 78.0 Å². The minimum absolute atomic E-state index is 0.490. The van der Waals surface area contributed by atoms with Crippen molar-refractivity contribution >= 4 is 5.57 Å². The fourth-order valence-corrected chi connectivity index (χ4v) is 3.22. The van der Waals surface area contributed by atoms with Crippen LogP contribution in [-0.2, 0) is 12.8 Å². The van der Waals surface area contributed by atoms with Gasteiger partial charge in [0.25, 0.3) is 0 Å². The zero-order valence-corrected chi connectivity index (χ0v) is 20.0. The summed E-state index contributed by atoms with van der Waals surface area (Å²) in [6.07, 6.45) is 12.3. The summed E-state index contributed by atoms with van der Waals surface area (Å²) < 4.78 is 14.4. The van der Waals surface area contributed by atoms with E-state index in [0.29, 0.717) is 11.5 Å². The summed E-state index contributed by atoms with van der Waals surface area (Å²) in [6, 6.07) is 6.78. The van der Waals surface area contributed by atoms with Crippen molar-refractivity contribution in [1.29, 1.82) is 0 Å². The van der Waals surface area contributed by atoms with Gasteiger partial charge in [-0.05, 0) is 81.2 Å². The van der Waals surface area contributed by atoms with Gasteiger partial charge < -0.3 is 0 Å². The largest absolute Gasteiger partial charge is 0.239 e. The summed E-state index contributed by atoms with van der Waals surface area (Å²) in [5.74, 6) is 6.24. The van der Waals surface area contributed by atoms with Gasteiger partial charge in [-0.15, -0.1) is 5.92 Å². The van der Waals surface area contributed by atoms with E-state index in [1.54, 1.807) is 6.92 Å². The third kappa shape index (κ3) is 9.00. The molecule has 1 aromatic rings. The molecule has 30 heavy (non-hydrogen) atoms. The number of aryl methyl sites for hydroxylation is 2. The number of halogens is 1. The third-order valence-corrected chi connectivity index (χ3v) is 4.94. The van der Waals surface area contributed by atoms with Crippen LogP contribution >= 0.6 is 0 Å². The van der Waals surface area contributed by atoms with Crippen molar-refractivity contribution < 1.29 is 4.39 Å². The van der Waals surface area contributed by atoms with Crippen LogP contribution in [0.3, 0.4) is 0 Å². The van der Waals surface area contributed by atoms with Crippen molar-refractivity contribution in [2.45, 2.75) is 79.8 Å². The second-order valence-electron chi connectivity index (χ2n) is 8.78. The van der Waals surface area contributed by atoms with Crippen LogP contribution in [0.25, 0.3) is 5.57 Å². The first-order chi connectivity index (χ1) is 14.1. The lowest BCUT2D eigenvalue weighted by Crippen LogP contribution is -2.14. The lowest BCUT2D eigenvalue weighted by Gasteiger charge is -2.15. The predicted octanol–water partition coefficient (Wildman–Crippen LogP) is 8.44. The molecule has 0 heterocycles. The number of allylic oxidation sites excluding steroid dienone is 7. The van der Waals surface area contributed by atoms with E-state index in [1.807, 2.05) is 6.08 Å². The van der Waals surface area contributed by atoms with Gasteiger partial charge in [0.1, 0.15) is 5.67 Å². The highest BCUT2D eigenvalue weighted by atomic mass is 19.1. The number of benzene rings is 1. The van der Waals surface area contributed by atoms with Crippen LogP contribution in [0.5, 0.6) is 0 Å². The van der Waals surface area contributed by atoms with Gasteiger partial charge in [0.2, 0.25) is 0 Å². The summed E-state index contributed by atoms with van der Waals surface area (Å²) in [6.45, 7) is 17.7. The number of alkyl halides is 1. The molecular weight excluding hydrogens is 367 g/mol. The summed E-state index contributed by atoms with van der Waals surface area (Å²) in [4.78, 5) is 0. The molecule has 0 fully saturated rings. The fraction of sp³-hybridized carbons (Fsp3) is 0.448. The molecule has 0 N–H and O–H groups in total. The standard InChI is InChI=1S/C29H39F/c1-9-12-26-19-18-25(21-28(26)24(6)15-11-14-22(3)4)17-16-23(5)20-27(13-10-2)29(7,8)30/h11,14-15,18-22H,5,9,12,16-17H2,1-4,6-8H3/b14-11-,24-15+,27-20+. The van der Waals surface area contributed by atoms with Crippen molar-refractivity contribution in [3.8, 4) is 11.8 Å². The molecule has 0 aliphatic rings. The van der Waals surface area contributed by atoms with Crippen molar-refractivity contribution in [3.63, 3.8) is 0 Å². The monoisotopic (exact) mass is 406 g/mol. The van der Waals surface area contributed by atoms with Gasteiger partial charge in [0.15, 0.2) is 0 Å². The molecule has 0 nitrogen and oxygen atoms in total. The van der Waals surface area contributed by atoms with E-state index >= 15 is 0 Å². The van der Waals surface area contributed by atoms with Crippen LogP contribution in [0, 0.1) is 17.8 Å². The van der Waals surface area contributed by atoms with E-state index < -0.39 is 5.67 Å². The van der Waals surface area contributed by atoms with Gasteiger partial charge in [-0.3, -0.25) is 0 Å². The molecule has 0 amide bonds. The van der Waals surface area contributed by atoms with Gasteiger partial charge >= 0.3 is 0 Å². The van der Waals surface area contributed by atoms with E-state index in [-0.39, 0.29) is 0 Å². The molecule has 0 aliphatic heterocycles. The van der Waals surface area contributed by atoms with Gasteiger partial charge in [-0.25, -0.2) is 4.39 Å². The van der Waals surface area contributed by atoms with Crippen LogP contribution < -0.4 is 0 Å². The van der Waals surface area contributed by atoms with Gasteiger partial charge in [0.05, 0.1) is 0 Å². The Bertz CT molecular complexity index is 858. The van der Waals surface area contributed by atoms with Crippen molar-refractivity contribution in [2.24, 2.45) is 5.92 Å². The number of hydrogen-bond acceptors (Lipinski definition) is 0. The molecule has 0 aliphatic carbocycles.